The Morgan fingerprint density at radius 3 is 2.37 bits per heavy atom. The van der Waals surface area contributed by atoms with E-state index in [-0.39, 0.29) is 5.91 Å². The highest BCUT2D eigenvalue weighted by Gasteiger charge is 2.19. The van der Waals surface area contributed by atoms with Gasteiger partial charge in [0.15, 0.2) is 11.5 Å². The number of nitrogens with one attached hydrogen (secondary N) is 2. The molecule has 0 aliphatic carbocycles. The zero-order valence-corrected chi connectivity index (χ0v) is 21.6. The molecule has 0 spiro atoms. The highest BCUT2D eigenvalue weighted by Crippen LogP contribution is 2.35. The molecule has 0 unspecified atom stereocenters. The first kappa shape index (κ1) is 25.1. The van der Waals surface area contributed by atoms with Crippen LogP contribution >= 0.6 is 0 Å². The summed E-state index contributed by atoms with van der Waals surface area (Å²) in [5, 5.41) is 7.52. The van der Waals surface area contributed by atoms with Crippen LogP contribution < -0.4 is 24.8 Å². The fraction of sp³-hybridized carbons (Fsp3) is 0.276. The minimum absolute atomic E-state index is 0.236. The van der Waals surface area contributed by atoms with Gasteiger partial charge in [0.1, 0.15) is 17.3 Å². The number of fused-ring (bicyclic) bond motifs is 1. The van der Waals surface area contributed by atoms with Crippen molar-refractivity contribution < 1.29 is 19.0 Å². The summed E-state index contributed by atoms with van der Waals surface area (Å²) in [6, 6.07) is 21.0. The number of methoxy groups -OCH3 is 2. The summed E-state index contributed by atoms with van der Waals surface area (Å²) in [4.78, 5) is 23.3. The molecular formula is C29H31N5O4. The second-order valence-electron chi connectivity index (χ2n) is 8.95. The van der Waals surface area contributed by atoms with Crippen LogP contribution in [0.4, 0.5) is 17.5 Å². The molecule has 1 aromatic heterocycles. The summed E-state index contributed by atoms with van der Waals surface area (Å²) in [5.74, 6) is 4.05. The van der Waals surface area contributed by atoms with E-state index in [1.54, 1.807) is 14.2 Å². The molecule has 0 saturated carbocycles. The second kappa shape index (κ2) is 11.7. The van der Waals surface area contributed by atoms with Crippen molar-refractivity contribution in [2.45, 2.75) is 19.3 Å². The molecule has 4 aromatic rings. The Bertz CT molecular complexity index is 1400. The zero-order chi connectivity index (χ0) is 26.3. The van der Waals surface area contributed by atoms with Gasteiger partial charge in [-0.25, -0.2) is 4.98 Å². The Labute approximate surface area is 221 Å². The minimum atomic E-state index is 0.236. The Morgan fingerprint density at radius 1 is 0.921 bits per heavy atom. The number of carbonyl (C=O) groups is 1. The summed E-state index contributed by atoms with van der Waals surface area (Å²) >= 11 is 0. The molecule has 1 aliphatic heterocycles. The molecule has 1 aliphatic rings. The molecule has 0 radical (unpaired) electrons. The average molecular weight is 514 g/mol. The van der Waals surface area contributed by atoms with Crippen LogP contribution in [0.3, 0.4) is 0 Å². The first-order valence-corrected chi connectivity index (χ1v) is 12.7. The Morgan fingerprint density at radius 2 is 1.66 bits per heavy atom. The molecule has 5 rings (SSSR count). The average Bonchev–Trinajstić information content (AvgIpc) is 3.36. The van der Waals surface area contributed by atoms with Gasteiger partial charge in [-0.3, -0.25) is 4.79 Å². The van der Waals surface area contributed by atoms with Crippen molar-refractivity contribution in [3.8, 4) is 23.0 Å². The van der Waals surface area contributed by atoms with Gasteiger partial charge in [0.25, 0.3) is 0 Å². The van der Waals surface area contributed by atoms with E-state index in [2.05, 4.69) is 10.6 Å². The monoisotopic (exact) mass is 513 g/mol. The summed E-state index contributed by atoms with van der Waals surface area (Å²) in [6.45, 7) is 2.22. The lowest BCUT2D eigenvalue weighted by Crippen LogP contribution is -2.27. The van der Waals surface area contributed by atoms with Gasteiger partial charge in [-0.1, -0.05) is 18.2 Å². The number of carbonyl (C=O) groups excluding carboxylic acids is 1. The van der Waals surface area contributed by atoms with E-state index in [0.29, 0.717) is 41.7 Å². The lowest BCUT2D eigenvalue weighted by atomic mass is 10.2. The number of anilines is 3. The van der Waals surface area contributed by atoms with Crippen LogP contribution in [0.25, 0.3) is 10.9 Å². The highest BCUT2D eigenvalue weighted by atomic mass is 16.5. The summed E-state index contributed by atoms with van der Waals surface area (Å²) in [6.07, 6.45) is 2.41. The molecule has 9 heteroatoms. The van der Waals surface area contributed by atoms with Crippen molar-refractivity contribution in [1.82, 2.24) is 14.9 Å². The third kappa shape index (κ3) is 5.88. The molecular weight excluding hydrogens is 482 g/mol. The largest absolute Gasteiger partial charge is 0.493 e. The highest BCUT2D eigenvalue weighted by molar-refractivity contribution is 5.94. The molecule has 38 heavy (non-hydrogen) atoms. The fourth-order valence-electron chi connectivity index (χ4n) is 4.41. The molecule has 1 saturated heterocycles. The van der Waals surface area contributed by atoms with Crippen LogP contribution in [0, 0.1) is 0 Å². The molecule has 0 atom stereocenters. The van der Waals surface area contributed by atoms with Gasteiger partial charge in [-0.05, 0) is 55.3 Å². The van der Waals surface area contributed by atoms with Crippen molar-refractivity contribution in [2.24, 2.45) is 0 Å². The maximum absolute atomic E-state index is 11.9. The maximum atomic E-state index is 11.9. The number of aromatic nitrogens is 2. The number of benzene rings is 3. The topological polar surface area (TPSA) is 97.8 Å². The molecule has 3 aromatic carbocycles. The summed E-state index contributed by atoms with van der Waals surface area (Å²) < 4.78 is 16.9. The number of ether oxygens (including phenoxy) is 3. The van der Waals surface area contributed by atoms with Gasteiger partial charge in [0.2, 0.25) is 11.9 Å². The van der Waals surface area contributed by atoms with Gasteiger partial charge in [-0.2, -0.15) is 4.98 Å². The van der Waals surface area contributed by atoms with Crippen LogP contribution in [-0.2, 0) is 4.79 Å². The Hall–Kier alpha value is -4.53. The van der Waals surface area contributed by atoms with Crippen molar-refractivity contribution in [3.05, 3.63) is 66.7 Å². The van der Waals surface area contributed by atoms with Gasteiger partial charge < -0.3 is 29.7 Å². The molecule has 2 heterocycles. The lowest BCUT2D eigenvalue weighted by Gasteiger charge is -2.16. The number of para-hydroxylation sites is 1. The number of amides is 1. The molecule has 9 nitrogen and oxygen atoms in total. The van der Waals surface area contributed by atoms with Crippen LogP contribution in [0.1, 0.15) is 19.3 Å². The molecule has 1 fully saturated rings. The van der Waals surface area contributed by atoms with Gasteiger partial charge in [0, 0.05) is 43.2 Å². The number of nitrogens with zero attached hydrogens (tertiary/aromatic N) is 3. The van der Waals surface area contributed by atoms with Crippen LogP contribution in [0.15, 0.2) is 66.7 Å². The zero-order valence-electron chi connectivity index (χ0n) is 21.6. The van der Waals surface area contributed by atoms with Crippen molar-refractivity contribution in [2.75, 3.05) is 44.5 Å². The van der Waals surface area contributed by atoms with Gasteiger partial charge in [-0.15, -0.1) is 0 Å². The first-order valence-electron chi connectivity index (χ1n) is 12.7. The normalized spacial score (nSPS) is 13.0. The minimum Gasteiger partial charge on any atom is -0.493 e. The van der Waals surface area contributed by atoms with Crippen LogP contribution in [-0.4, -0.2) is 54.6 Å². The van der Waals surface area contributed by atoms with Gasteiger partial charge >= 0.3 is 0 Å². The Kier molecular flexibility index (Phi) is 7.73. The van der Waals surface area contributed by atoms with Crippen molar-refractivity contribution >= 4 is 34.3 Å². The van der Waals surface area contributed by atoms with E-state index in [9.17, 15) is 4.79 Å². The standard InChI is InChI=1S/C29H31N5O4/c1-36-25-18-23-24(19-26(25)37-2)32-29(30-15-7-17-34-16-6-10-27(34)35)33-28(23)31-20-11-13-22(14-12-20)38-21-8-4-3-5-9-21/h3-5,8-9,11-14,18-19H,6-7,10,15-17H2,1-2H3,(H2,30,31,32,33). The maximum Gasteiger partial charge on any atom is 0.225 e. The molecule has 1 amide bonds. The second-order valence-corrected chi connectivity index (χ2v) is 8.95. The first-order chi connectivity index (χ1) is 18.6. The number of likely N-dealkylation sites (tertiary alicyclic amines) is 1. The lowest BCUT2D eigenvalue weighted by molar-refractivity contribution is -0.127. The smallest absolute Gasteiger partial charge is 0.225 e. The predicted octanol–water partition coefficient (Wildman–Crippen LogP) is 5.61. The van der Waals surface area contributed by atoms with Gasteiger partial charge in [0.05, 0.1) is 19.7 Å². The predicted molar refractivity (Wildman–Crippen MR) is 148 cm³/mol. The van der Waals surface area contributed by atoms with Crippen molar-refractivity contribution in [1.29, 1.82) is 0 Å². The fourth-order valence-corrected chi connectivity index (χ4v) is 4.41. The molecule has 196 valence electrons. The third-order valence-corrected chi connectivity index (χ3v) is 6.36. The van der Waals surface area contributed by atoms with E-state index >= 15 is 0 Å². The number of hydrogen-bond acceptors (Lipinski definition) is 8. The SMILES string of the molecule is COc1cc2nc(NCCCN3CCCC3=O)nc(Nc3ccc(Oc4ccccc4)cc3)c2cc1OC. The number of rotatable bonds is 11. The number of hydrogen-bond donors (Lipinski definition) is 2. The van der Waals surface area contributed by atoms with E-state index in [1.165, 1.54) is 0 Å². The van der Waals surface area contributed by atoms with E-state index in [4.69, 9.17) is 24.2 Å². The van der Waals surface area contributed by atoms with Crippen LogP contribution in [0.2, 0.25) is 0 Å². The summed E-state index contributed by atoms with van der Waals surface area (Å²) in [7, 11) is 3.20. The van der Waals surface area contributed by atoms with E-state index in [1.807, 2.05) is 71.6 Å². The Balaban J connectivity index is 1.36. The van der Waals surface area contributed by atoms with E-state index < -0.39 is 0 Å². The summed E-state index contributed by atoms with van der Waals surface area (Å²) in [5.41, 5.74) is 1.56. The quantitative estimate of drug-likeness (QED) is 0.250. The van der Waals surface area contributed by atoms with Crippen molar-refractivity contribution in [3.63, 3.8) is 0 Å². The van der Waals surface area contributed by atoms with E-state index in [0.717, 1.165) is 48.5 Å². The molecule has 0 bridgehead atoms. The van der Waals surface area contributed by atoms with Crippen LogP contribution in [0.5, 0.6) is 23.0 Å². The third-order valence-electron chi connectivity index (χ3n) is 6.36. The molecule has 2 N–H and O–H groups in total.